The normalized spacial score (nSPS) is 11.8. The second-order valence-corrected chi connectivity index (χ2v) is 6.15. The maximum atomic E-state index is 12.7. The molecule has 0 aliphatic heterocycles. The Bertz CT molecular complexity index is 743. The summed E-state index contributed by atoms with van der Waals surface area (Å²) < 4.78 is 15.1. The van der Waals surface area contributed by atoms with Gasteiger partial charge >= 0.3 is 17.9 Å². The number of ether oxygens (including phenoxy) is 3. The topological polar surface area (TPSA) is 78.9 Å². The Balaban J connectivity index is 3.35. The highest BCUT2D eigenvalue weighted by molar-refractivity contribution is 6.02. The largest absolute Gasteiger partial charge is 0.466 e. The number of esters is 3. The summed E-state index contributed by atoms with van der Waals surface area (Å²) in [5, 5.41) is 0. The number of carbonyl (C=O) groups excluding carboxylic acids is 3. The van der Waals surface area contributed by atoms with E-state index in [4.69, 9.17) is 14.2 Å². The zero-order chi connectivity index (χ0) is 21.7. The van der Waals surface area contributed by atoms with Crippen LogP contribution in [-0.2, 0) is 28.6 Å². The molecule has 0 saturated heterocycles. The monoisotopic (exact) mass is 400 g/mol. The summed E-state index contributed by atoms with van der Waals surface area (Å²) >= 11 is 0. The first-order chi connectivity index (χ1) is 13.9. The smallest absolute Gasteiger partial charge is 0.333 e. The first-order valence-electron chi connectivity index (χ1n) is 9.41. The molecular weight excluding hydrogens is 372 g/mol. The van der Waals surface area contributed by atoms with Crippen LogP contribution in [0, 0.1) is 5.41 Å². The van der Waals surface area contributed by atoms with E-state index in [1.807, 2.05) is 30.3 Å². The average molecular weight is 400 g/mol. The van der Waals surface area contributed by atoms with Crippen molar-refractivity contribution < 1.29 is 28.6 Å². The maximum Gasteiger partial charge on any atom is 0.333 e. The Morgan fingerprint density at radius 3 is 2.10 bits per heavy atom. The summed E-state index contributed by atoms with van der Waals surface area (Å²) in [4.78, 5) is 37.8. The lowest BCUT2D eigenvalue weighted by molar-refractivity contribution is -0.172. The highest BCUT2D eigenvalue weighted by atomic mass is 16.6. The lowest BCUT2D eigenvalue weighted by Crippen LogP contribution is -2.43. The molecule has 0 amide bonds. The molecule has 0 N–H and O–H groups in total. The summed E-state index contributed by atoms with van der Waals surface area (Å²) in [5.41, 5.74) is -0.641. The van der Waals surface area contributed by atoms with Crippen LogP contribution in [0.1, 0.15) is 32.3 Å². The van der Waals surface area contributed by atoms with Crippen molar-refractivity contribution in [1.29, 1.82) is 0 Å². The van der Waals surface area contributed by atoms with Gasteiger partial charge in [-0.3, -0.25) is 9.59 Å². The molecule has 1 aromatic rings. The fraction of sp³-hybridized carbons (Fsp3) is 0.348. The number of carbonyl (C=O) groups is 3. The summed E-state index contributed by atoms with van der Waals surface area (Å²) in [6, 6.07) is 9.49. The standard InChI is InChI=1S/C23H28O6/c1-5-16-23(21(25)28-6-2,22(26)29-7-3)17-19(20(24)27-4)15-11-14-18-12-9-8-10-13-18/h5,8-15H,1,6-7,16-17H2,2-4H3/b14-11+,19-15+. The SMILES string of the molecule is C=CCC(C/C(=C\C=C\c1ccccc1)C(=O)OC)(C(=O)OCC)C(=O)OCC. The Labute approximate surface area is 171 Å². The van der Waals surface area contributed by atoms with Gasteiger partial charge in [-0.2, -0.15) is 0 Å². The van der Waals surface area contributed by atoms with Crippen LogP contribution in [0.3, 0.4) is 0 Å². The van der Waals surface area contributed by atoms with Crippen molar-refractivity contribution in [3.05, 3.63) is 66.3 Å². The third-order valence-corrected chi connectivity index (χ3v) is 4.15. The van der Waals surface area contributed by atoms with Crippen molar-refractivity contribution >= 4 is 24.0 Å². The highest BCUT2D eigenvalue weighted by Crippen LogP contribution is 2.35. The lowest BCUT2D eigenvalue weighted by atomic mass is 9.78. The van der Waals surface area contributed by atoms with E-state index in [1.165, 1.54) is 19.3 Å². The average Bonchev–Trinajstić information content (AvgIpc) is 2.72. The first kappa shape index (κ1) is 23.9. The molecule has 0 aromatic heterocycles. The number of benzene rings is 1. The molecule has 0 fully saturated rings. The molecule has 1 rings (SSSR count). The third kappa shape index (κ3) is 6.75. The van der Waals surface area contributed by atoms with Crippen molar-refractivity contribution in [2.75, 3.05) is 20.3 Å². The van der Waals surface area contributed by atoms with Crippen LogP contribution >= 0.6 is 0 Å². The molecule has 0 spiro atoms. The zero-order valence-corrected chi connectivity index (χ0v) is 17.2. The van der Waals surface area contributed by atoms with E-state index < -0.39 is 23.3 Å². The molecule has 0 radical (unpaired) electrons. The minimum absolute atomic E-state index is 0.0403. The van der Waals surface area contributed by atoms with E-state index in [9.17, 15) is 14.4 Å². The molecule has 0 atom stereocenters. The second kappa shape index (κ2) is 12.3. The first-order valence-corrected chi connectivity index (χ1v) is 9.41. The molecule has 0 heterocycles. The summed E-state index contributed by atoms with van der Waals surface area (Å²) in [7, 11) is 1.24. The maximum absolute atomic E-state index is 12.7. The van der Waals surface area contributed by atoms with Crippen molar-refractivity contribution in [2.24, 2.45) is 5.41 Å². The van der Waals surface area contributed by atoms with E-state index in [0.717, 1.165) is 5.56 Å². The molecule has 0 aliphatic carbocycles. The van der Waals surface area contributed by atoms with Gasteiger partial charge in [0.25, 0.3) is 0 Å². The highest BCUT2D eigenvalue weighted by Gasteiger charge is 2.49. The van der Waals surface area contributed by atoms with E-state index >= 15 is 0 Å². The van der Waals surface area contributed by atoms with Gasteiger partial charge in [0.05, 0.1) is 20.3 Å². The van der Waals surface area contributed by atoms with Crippen molar-refractivity contribution in [3.8, 4) is 0 Å². The quantitative estimate of drug-likeness (QED) is 0.140. The Morgan fingerprint density at radius 1 is 1.03 bits per heavy atom. The summed E-state index contributed by atoms with van der Waals surface area (Å²) in [6.45, 7) is 7.09. The molecule has 0 bridgehead atoms. The van der Waals surface area contributed by atoms with Crippen molar-refractivity contribution in [2.45, 2.75) is 26.7 Å². The van der Waals surface area contributed by atoms with Gasteiger partial charge in [0.2, 0.25) is 0 Å². The predicted molar refractivity (Wildman–Crippen MR) is 111 cm³/mol. The number of hydrogen-bond donors (Lipinski definition) is 0. The van der Waals surface area contributed by atoms with Gasteiger partial charge in [-0.05, 0) is 25.8 Å². The van der Waals surface area contributed by atoms with Crippen molar-refractivity contribution in [1.82, 2.24) is 0 Å². The number of hydrogen-bond acceptors (Lipinski definition) is 6. The number of rotatable bonds is 11. The van der Waals surface area contributed by atoms with E-state index in [2.05, 4.69) is 6.58 Å². The van der Waals surface area contributed by atoms with Crippen LogP contribution in [-0.4, -0.2) is 38.2 Å². The molecule has 0 aliphatic rings. The van der Waals surface area contributed by atoms with Gasteiger partial charge in [0.1, 0.15) is 0 Å². The van der Waals surface area contributed by atoms with E-state index in [1.54, 1.807) is 26.0 Å². The lowest BCUT2D eigenvalue weighted by Gasteiger charge is -2.28. The number of allylic oxidation sites excluding steroid dienone is 3. The van der Waals surface area contributed by atoms with Gasteiger partial charge in [0, 0.05) is 12.0 Å². The minimum Gasteiger partial charge on any atom is -0.466 e. The van der Waals surface area contributed by atoms with Crippen molar-refractivity contribution in [3.63, 3.8) is 0 Å². The van der Waals surface area contributed by atoms with Crippen LogP contribution in [0.5, 0.6) is 0 Å². The molecular formula is C23H28O6. The van der Waals surface area contributed by atoms with Gasteiger partial charge in [0.15, 0.2) is 5.41 Å². The third-order valence-electron chi connectivity index (χ3n) is 4.15. The van der Waals surface area contributed by atoms with E-state index in [-0.39, 0.29) is 31.6 Å². The fourth-order valence-corrected chi connectivity index (χ4v) is 2.75. The van der Waals surface area contributed by atoms with Crippen LogP contribution in [0.2, 0.25) is 0 Å². The Morgan fingerprint density at radius 2 is 1.62 bits per heavy atom. The molecule has 0 unspecified atom stereocenters. The fourth-order valence-electron chi connectivity index (χ4n) is 2.75. The molecule has 156 valence electrons. The van der Waals surface area contributed by atoms with Gasteiger partial charge in [-0.1, -0.05) is 54.6 Å². The van der Waals surface area contributed by atoms with Gasteiger partial charge in [-0.25, -0.2) is 4.79 Å². The Hall–Kier alpha value is -3.15. The molecule has 0 saturated carbocycles. The van der Waals surface area contributed by atoms with Crippen LogP contribution in [0.4, 0.5) is 0 Å². The number of methoxy groups -OCH3 is 1. The second-order valence-electron chi connectivity index (χ2n) is 6.15. The molecule has 29 heavy (non-hydrogen) atoms. The molecule has 6 heteroatoms. The van der Waals surface area contributed by atoms with Crippen LogP contribution in [0.15, 0.2) is 60.7 Å². The van der Waals surface area contributed by atoms with E-state index in [0.29, 0.717) is 0 Å². The molecule has 1 aromatic carbocycles. The summed E-state index contributed by atoms with van der Waals surface area (Å²) in [6.07, 6.45) is 6.14. The Kier molecular flexibility index (Phi) is 10.2. The van der Waals surface area contributed by atoms with Crippen LogP contribution in [0.25, 0.3) is 6.08 Å². The van der Waals surface area contributed by atoms with Crippen LogP contribution < -0.4 is 0 Å². The summed E-state index contributed by atoms with van der Waals surface area (Å²) in [5.74, 6) is -2.18. The van der Waals surface area contributed by atoms with Gasteiger partial charge < -0.3 is 14.2 Å². The zero-order valence-electron chi connectivity index (χ0n) is 17.2. The predicted octanol–water partition coefficient (Wildman–Crippen LogP) is 3.88. The molecule has 6 nitrogen and oxygen atoms in total. The van der Waals surface area contributed by atoms with Gasteiger partial charge in [-0.15, -0.1) is 6.58 Å². The minimum atomic E-state index is -1.71.